The Labute approximate surface area is 102 Å². The van der Waals surface area contributed by atoms with Crippen LogP contribution in [0.2, 0.25) is 0 Å². The van der Waals surface area contributed by atoms with Gasteiger partial charge in [0.2, 0.25) is 0 Å². The normalized spacial score (nSPS) is 11.6. The molecule has 0 aliphatic carbocycles. The smallest absolute Gasteiger partial charge is 0.0518 e. The van der Waals surface area contributed by atoms with E-state index in [1.165, 1.54) is 19.4 Å². The first kappa shape index (κ1) is 15.9. The van der Waals surface area contributed by atoms with E-state index in [1.807, 2.05) is 0 Å². The van der Waals surface area contributed by atoms with Crippen molar-refractivity contribution in [3.8, 4) is 0 Å². The molecule has 0 unspecified atom stereocenters. The molecule has 3 heteroatoms. The second-order valence-corrected chi connectivity index (χ2v) is 4.68. The average molecular weight is 230 g/mol. The first-order valence-corrected chi connectivity index (χ1v) is 6.67. The lowest BCUT2D eigenvalue weighted by molar-refractivity contribution is 0.0770. The third-order valence-corrected chi connectivity index (χ3v) is 2.51. The molecule has 0 aromatic rings. The van der Waals surface area contributed by atoms with E-state index in [9.17, 15) is 0 Å². The molecule has 0 fully saturated rings. The number of nitrogens with zero attached hydrogens (tertiary/aromatic N) is 1. The Morgan fingerprint density at radius 2 is 1.88 bits per heavy atom. The zero-order valence-corrected chi connectivity index (χ0v) is 11.6. The van der Waals surface area contributed by atoms with Gasteiger partial charge in [-0.1, -0.05) is 13.3 Å². The van der Waals surface area contributed by atoms with E-state index in [0.29, 0.717) is 6.10 Å². The summed E-state index contributed by atoms with van der Waals surface area (Å²) in [6, 6.07) is 0. The minimum Gasteiger partial charge on any atom is -0.379 e. The van der Waals surface area contributed by atoms with Crippen molar-refractivity contribution in [3.63, 3.8) is 0 Å². The van der Waals surface area contributed by atoms with Crippen molar-refractivity contribution in [1.82, 2.24) is 10.2 Å². The fourth-order valence-electron chi connectivity index (χ4n) is 1.45. The first-order chi connectivity index (χ1) is 7.66. The number of hydrogen-bond donors (Lipinski definition) is 1. The predicted molar refractivity (Wildman–Crippen MR) is 71.0 cm³/mol. The SMILES string of the molecule is CCCCN(C)CCNCCCOC(C)C. The molecule has 0 aromatic heterocycles. The molecule has 0 radical (unpaired) electrons. The van der Waals surface area contributed by atoms with Crippen LogP contribution in [0.15, 0.2) is 0 Å². The van der Waals surface area contributed by atoms with Crippen LogP contribution in [-0.4, -0.2) is 50.8 Å². The highest BCUT2D eigenvalue weighted by atomic mass is 16.5. The molecule has 3 nitrogen and oxygen atoms in total. The minimum absolute atomic E-state index is 0.361. The van der Waals surface area contributed by atoms with Crippen LogP contribution in [0.5, 0.6) is 0 Å². The maximum Gasteiger partial charge on any atom is 0.0518 e. The van der Waals surface area contributed by atoms with Crippen molar-refractivity contribution < 1.29 is 4.74 Å². The number of ether oxygens (including phenoxy) is 1. The lowest BCUT2D eigenvalue weighted by Gasteiger charge is -2.16. The largest absolute Gasteiger partial charge is 0.379 e. The van der Waals surface area contributed by atoms with Crippen LogP contribution in [-0.2, 0) is 4.74 Å². The highest BCUT2D eigenvalue weighted by molar-refractivity contribution is 4.55. The summed E-state index contributed by atoms with van der Waals surface area (Å²) >= 11 is 0. The fourth-order valence-corrected chi connectivity index (χ4v) is 1.45. The van der Waals surface area contributed by atoms with Crippen LogP contribution in [0.3, 0.4) is 0 Å². The van der Waals surface area contributed by atoms with Gasteiger partial charge in [0.15, 0.2) is 0 Å². The van der Waals surface area contributed by atoms with Gasteiger partial charge in [0, 0.05) is 19.7 Å². The molecule has 98 valence electrons. The van der Waals surface area contributed by atoms with Crippen LogP contribution < -0.4 is 5.32 Å². The summed E-state index contributed by atoms with van der Waals surface area (Å²) in [6.07, 6.45) is 4.06. The summed E-state index contributed by atoms with van der Waals surface area (Å²) < 4.78 is 5.47. The molecule has 0 saturated heterocycles. The summed E-state index contributed by atoms with van der Waals surface area (Å²) in [5.74, 6) is 0. The summed E-state index contributed by atoms with van der Waals surface area (Å²) in [5.41, 5.74) is 0. The van der Waals surface area contributed by atoms with Gasteiger partial charge in [-0.15, -0.1) is 0 Å². The Morgan fingerprint density at radius 1 is 1.12 bits per heavy atom. The lowest BCUT2D eigenvalue weighted by atomic mass is 10.3. The van der Waals surface area contributed by atoms with Crippen LogP contribution in [0, 0.1) is 0 Å². The van der Waals surface area contributed by atoms with Crippen LogP contribution in [0.4, 0.5) is 0 Å². The van der Waals surface area contributed by atoms with Gasteiger partial charge < -0.3 is 15.0 Å². The summed E-state index contributed by atoms with van der Waals surface area (Å²) in [7, 11) is 2.19. The molecule has 0 atom stereocenters. The quantitative estimate of drug-likeness (QED) is 0.550. The zero-order chi connectivity index (χ0) is 12.2. The van der Waals surface area contributed by atoms with E-state index >= 15 is 0 Å². The van der Waals surface area contributed by atoms with E-state index in [0.717, 1.165) is 32.7 Å². The van der Waals surface area contributed by atoms with Crippen LogP contribution in [0.1, 0.15) is 40.0 Å². The molecule has 0 amide bonds. The van der Waals surface area contributed by atoms with Gasteiger partial charge in [0.1, 0.15) is 0 Å². The monoisotopic (exact) mass is 230 g/mol. The lowest BCUT2D eigenvalue weighted by Crippen LogP contribution is -2.30. The zero-order valence-electron chi connectivity index (χ0n) is 11.6. The van der Waals surface area contributed by atoms with Crippen molar-refractivity contribution >= 4 is 0 Å². The average Bonchev–Trinajstić information content (AvgIpc) is 2.24. The Bertz CT molecular complexity index is 140. The van der Waals surface area contributed by atoms with E-state index in [1.54, 1.807) is 0 Å². The maximum absolute atomic E-state index is 5.47. The number of unbranched alkanes of at least 4 members (excludes halogenated alkanes) is 1. The first-order valence-electron chi connectivity index (χ1n) is 6.67. The molecule has 1 N–H and O–H groups in total. The van der Waals surface area contributed by atoms with Gasteiger partial charge in [-0.05, 0) is 46.8 Å². The molecule has 0 spiro atoms. The van der Waals surface area contributed by atoms with Gasteiger partial charge in [-0.3, -0.25) is 0 Å². The Kier molecular flexibility index (Phi) is 11.3. The van der Waals surface area contributed by atoms with E-state index in [4.69, 9.17) is 4.74 Å². The fraction of sp³-hybridized carbons (Fsp3) is 1.00. The predicted octanol–water partition coefficient (Wildman–Crippen LogP) is 2.12. The highest BCUT2D eigenvalue weighted by Crippen LogP contribution is 1.91. The van der Waals surface area contributed by atoms with Crippen molar-refractivity contribution in [2.45, 2.75) is 46.1 Å². The molecule has 0 aliphatic heterocycles. The van der Waals surface area contributed by atoms with E-state index in [2.05, 4.69) is 38.0 Å². The molecular formula is C13H30N2O. The van der Waals surface area contributed by atoms with Crippen molar-refractivity contribution in [2.75, 3.05) is 39.8 Å². The van der Waals surface area contributed by atoms with Gasteiger partial charge in [0.05, 0.1) is 6.10 Å². The molecule has 0 rings (SSSR count). The number of hydrogen-bond acceptors (Lipinski definition) is 3. The van der Waals surface area contributed by atoms with Crippen molar-refractivity contribution in [2.24, 2.45) is 0 Å². The second-order valence-electron chi connectivity index (χ2n) is 4.68. The molecule has 0 heterocycles. The minimum atomic E-state index is 0.361. The molecule has 0 bridgehead atoms. The molecule has 0 saturated carbocycles. The molecule has 0 aliphatic rings. The number of nitrogens with one attached hydrogen (secondary N) is 1. The van der Waals surface area contributed by atoms with Gasteiger partial charge in [-0.2, -0.15) is 0 Å². The number of likely N-dealkylation sites (N-methyl/N-ethyl adjacent to an activating group) is 1. The Balaban J connectivity index is 3.08. The van der Waals surface area contributed by atoms with Crippen molar-refractivity contribution in [1.29, 1.82) is 0 Å². The standard InChI is InChI=1S/C13H30N2O/c1-5-6-10-15(4)11-9-14-8-7-12-16-13(2)3/h13-14H,5-12H2,1-4H3. The summed E-state index contributed by atoms with van der Waals surface area (Å²) in [5, 5.41) is 3.44. The van der Waals surface area contributed by atoms with Gasteiger partial charge in [0.25, 0.3) is 0 Å². The third-order valence-electron chi connectivity index (χ3n) is 2.51. The highest BCUT2D eigenvalue weighted by Gasteiger charge is 1.97. The topological polar surface area (TPSA) is 24.5 Å². The van der Waals surface area contributed by atoms with E-state index in [-0.39, 0.29) is 0 Å². The maximum atomic E-state index is 5.47. The summed E-state index contributed by atoms with van der Waals surface area (Å²) in [4.78, 5) is 2.39. The molecule has 0 aromatic carbocycles. The summed E-state index contributed by atoms with van der Waals surface area (Å²) in [6.45, 7) is 11.8. The molecular weight excluding hydrogens is 200 g/mol. The second kappa shape index (κ2) is 11.4. The molecule has 16 heavy (non-hydrogen) atoms. The van der Waals surface area contributed by atoms with Gasteiger partial charge >= 0.3 is 0 Å². The Morgan fingerprint density at radius 3 is 2.50 bits per heavy atom. The van der Waals surface area contributed by atoms with Crippen molar-refractivity contribution in [3.05, 3.63) is 0 Å². The van der Waals surface area contributed by atoms with Gasteiger partial charge in [-0.25, -0.2) is 0 Å². The van der Waals surface area contributed by atoms with Crippen LogP contribution in [0.25, 0.3) is 0 Å². The van der Waals surface area contributed by atoms with E-state index < -0.39 is 0 Å². The third kappa shape index (κ3) is 12.0. The Hall–Kier alpha value is -0.120. The number of rotatable bonds is 11. The van der Waals surface area contributed by atoms with Crippen LogP contribution >= 0.6 is 0 Å².